The average molecular weight is 473 g/mol. The second kappa shape index (κ2) is 9.66. The van der Waals surface area contributed by atoms with Gasteiger partial charge in [-0.25, -0.2) is 0 Å². The lowest BCUT2D eigenvalue weighted by atomic mass is 10.1. The number of alkyl halides is 3. The maximum Gasteiger partial charge on any atom is 0.418 e. The molecule has 0 radical (unpaired) electrons. The number of para-hydroxylation sites is 1. The number of piperazine rings is 1. The summed E-state index contributed by atoms with van der Waals surface area (Å²) in [5.41, 5.74) is 0.416. The van der Waals surface area contributed by atoms with Gasteiger partial charge in [-0.3, -0.25) is 0 Å². The maximum absolute atomic E-state index is 13.5. The lowest BCUT2D eigenvalue weighted by Gasteiger charge is -2.37. The lowest BCUT2D eigenvalue weighted by molar-refractivity contribution is -0.137. The predicted molar refractivity (Wildman–Crippen MR) is 129 cm³/mol. The van der Waals surface area contributed by atoms with Crippen molar-refractivity contribution in [3.05, 3.63) is 60.2 Å². The molecule has 0 aliphatic carbocycles. The van der Waals surface area contributed by atoms with Crippen molar-refractivity contribution in [3.8, 4) is 5.75 Å². The van der Waals surface area contributed by atoms with Crippen LogP contribution in [0, 0.1) is 0 Å². The molecule has 4 rings (SSSR count). The van der Waals surface area contributed by atoms with Crippen LogP contribution in [0.25, 0.3) is 0 Å². The quantitative estimate of drug-likeness (QED) is 0.561. The van der Waals surface area contributed by atoms with Gasteiger partial charge in [0.15, 0.2) is 0 Å². The Morgan fingerprint density at radius 2 is 1.62 bits per heavy atom. The van der Waals surface area contributed by atoms with E-state index in [0.29, 0.717) is 37.9 Å². The van der Waals surface area contributed by atoms with Crippen molar-refractivity contribution in [2.75, 3.05) is 67.4 Å². The first-order valence-corrected chi connectivity index (χ1v) is 10.9. The first-order chi connectivity index (χ1) is 16.2. The Labute approximate surface area is 196 Å². The molecule has 3 aromatic rings. The molecule has 7 nitrogen and oxygen atoms in total. The largest absolute Gasteiger partial charge is 0.497 e. The number of ether oxygens (including phenoxy) is 1. The van der Waals surface area contributed by atoms with Gasteiger partial charge in [0.25, 0.3) is 0 Å². The molecule has 1 aromatic heterocycles. The van der Waals surface area contributed by atoms with Crippen LogP contribution in [0.3, 0.4) is 0 Å². The molecule has 0 unspecified atom stereocenters. The van der Waals surface area contributed by atoms with Crippen molar-refractivity contribution < 1.29 is 17.9 Å². The first kappa shape index (κ1) is 23.5. The SMILES string of the molecule is COc1cccc(Nc2cc(N(C)C)nc(N3CCN(c4ccccc4C(F)(F)F)CC3)n2)c1. The molecule has 0 spiro atoms. The van der Waals surface area contributed by atoms with Crippen LogP contribution in [0.15, 0.2) is 54.6 Å². The standard InChI is InChI=1S/C24H27F3N6O/c1-31(2)22-16-21(28-17-7-6-8-18(15-17)34-3)29-23(30-22)33-13-11-32(12-14-33)20-10-5-4-9-19(20)24(25,26)27/h4-10,15-16H,11-14H2,1-3H3,(H,28,29,30). The van der Waals surface area contributed by atoms with Crippen LogP contribution in [0.5, 0.6) is 5.75 Å². The summed E-state index contributed by atoms with van der Waals surface area (Å²) in [5, 5.41) is 3.29. The van der Waals surface area contributed by atoms with Crippen LogP contribution < -0.4 is 24.8 Å². The van der Waals surface area contributed by atoms with Crippen LogP contribution in [0.4, 0.5) is 42.1 Å². The molecule has 0 atom stereocenters. The Morgan fingerprint density at radius 3 is 2.29 bits per heavy atom. The normalized spacial score (nSPS) is 14.2. The van der Waals surface area contributed by atoms with E-state index >= 15 is 0 Å². The molecule has 34 heavy (non-hydrogen) atoms. The minimum Gasteiger partial charge on any atom is -0.497 e. The fraction of sp³-hybridized carbons (Fsp3) is 0.333. The monoisotopic (exact) mass is 472 g/mol. The van der Waals surface area contributed by atoms with Gasteiger partial charge in [-0.1, -0.05) is 18.2 Å². The molecule has 1 fully saturated rings. The molecule has 2 heterocycles. The van der Waals surface area contributed by atoms with Gasteiger partial charge < -0.3 is 24.8 Å². The van der Waals surface area contributed by atoms with E-state index in [2.05, 4.69) is 15.3 Å². The fourth-order valence-electron chi connectivity index (χ4n) is 3.84. The average Bonchev–Trinajstić information content (AvgIpc) is 2.83. The van der Waals surface area contributed by atoms with Crippen molar-refractivity contribution in [1.29, 1.82) is 0 Å². The highest BCUT2D eigenvalue weighted by Gasteiger charge is 2.35. The summed E-state index contributed by atoms with van der Waals surface area (Å²) in [7, 11) is 5.40. The highest BCUT2D eigenvalue weighted by Crippen LogP contribution is 2.37. The summed E-state index contributed by atoms with van der Waals surface area (Å²) in [5.74, 6) is 2.59. The number of rotatable bonds is 6. The van der Waals surface area contributed by atoms with Gasteiger partial charge in [0.05, 0.1) is 12.7 Å². The number of hydrogen-bond acceptors (Lipinski definition) is 7. The van der Waals surface area contributed by atoms with Gasteiger partial charge in [0.1, 0.15) is 17.4 Å². The summed E-state index contributed by atoms with van der Waals surface area (Å²) in [6, 6.07) is 15.1. The number of halogens is 3. The Balaban J connectivity index is 1.54. The number of nitrogens with zero attached hydrogens (tertiary/aromatic N) is 5. The van der Waals surface area contributed by atoms with Gasteiger partial charge in [0, 0.05) is 63.8 Å². The molecule has 0 bridgehead atoms. The van der Waals surface area contributed by atoms with E-state index in [4.69, 9.17) is 4.74 Å². The van der Waals surface area contributed by atoms with E-state index in [9.17, 15) is 13.2 Å². The fourth-order valence-corrected chi connectivity index (χ4v) is 3.84. The maximum atomic E-state index is 13.5. The molecule has 0 saturated carbocycles. The van der Waals surface area contributed by atoms with E-state index in [0.717, 1.165) is 23.3 Å². The van der Waals surface area contributed by atoms with Crippen molar-refractivity contribution in [2.24, 2.45) is 0 Å². The van der Waals surface area contributed by atoms with Crippen molar-refractivity contribution in [3.63, 3.8) is 0 Å². The summed E-state index contributed by atoms with van der Waals surface area (Å²) >= 11 is 0. The lowest BCUT2D eigenvalue weighted by Crippen LogP contribution is -2.47. The molecule has 1 saturated heterocycles. The third kappa shape index (κ3) is 5.27. The zero-order valence-electron chi connectivity index (χ0n) is 19.3. The molecule has 1 aliphatic rings. The molecular formula is C24H27F3N6O. The van der Waals surface area contributed by atoms with Gasteiger partial charge in [-0.15, -0.1) is 0 Å². The second-order valence-electron chi connectivity index (χ2n) is 8.15. The smallest absolute Gasteiger partial charge is 0.418 e. The second-order valence-corrected chi connectivity index (χ2v) is 8.15. The molecule has 1 N–H and O–H groups in total. The number of aromatic nitrogens is 2. The van der Waals surface area contributed by atoms with Crippen LogP contribution in [-0.4, -0.2) is 57.4 Å². The molecule has 180 valence electrons. The number of hydrogen-bond donors (Lipinski definition) is 1. The highest BCUT2D eigenvalue weighted by molar-refractivity contribution is 5.63. The number of anilines is 5. The summed E-state index contributed by atoms with van der Waals surface area (Å²) in [6.07, 6.45) is -4.39. The van der Waals surface area contributed by atoms with E-state index in [1.54, 1.807) is 18.1 Å². The highest BCUT2D eigenvalue weighted by atomic mass is 19.4. The zero-order valence-corrected chi connectivity index (χ0v) is 19.3. The third-order valence-corrected chi connectivity index (χ3v) is 5.61. The number of methoxy groups -OCH3 is 1. The summed E-state index contributed by atoms with van der Waals surface area (Å²) in [4.78, 5) is 15.0. The molecular weight excluding hydrogens is 445 g/mol. The molecule has 10 heteroatoms. The van der Waals surface area contributed by atoms with Gasteiger partial charge >= 0.3 is 6.18 Å². The third-order valence-electron chi connectivity index (χ3n) is 5.61. The molecule has 2 aromatic carbocycles. The Hall–Kier alpha value is -3.69. The molecule has 1 aliphatic heterocycles. The molecule has 0 amide bonds. The zero-order chi connectivity index (χ0) is 24.3. The Bertz CT molecular complexity index is 1130. The first-order valence-electron chi connectivity index (χ1n) is 10.9. The van der Waals surface area contributed by atoms with E-state index in [1.807, 2.05) is 54.2 Å². The minimum absolute atomic E-state index is 0.206. The topological polar surface area (TPSA) is 56.8 Å². The van der Waals surface area contributed by atoms with Gasteiger partial charge in [-0.05, 0) is 24.3 Å². The van der Waals surface area contributed by atoms with Gasteiger partial charge in [-0.2, -0.15) is 23.1 Å². The van der Waals surface area contributed by atoms with E-state index < -0.39 is 11.7 Å². The van der Waals surface area contributed by atoms with Crippen LogP contribution >= 0.6 is 0 Å². The van der Waals surface area contributed by atoms with Crippen LogP contribution in [0.1, 0.15) is 5.56 Å². The number of nitrogens with one attached hydrogen (secondary N) is 1. The van der Waals surface area contributed by atoms with Crippen molar-refractivity contribution in [2.45, 2.75) is 6.18 Å². The van der Waals surface area contributed by atoms with E-state index in [-0.39, 0.29) is 5.69 Å². The minimum atomic E-state index is -4.39. The van der Waals surface area contributed by atoms with Crippen molar-refractivity contribution in [1.82, 2.24) is 9.97 Å². The summed E-state index contributed by atoms with van der Waals surface area (Å²) < 4.78 is 45.7. The van der Waals surface area contributed by atoms with E-state index in [1.165, 1.54) is 12.1 Å². The summed E-state index contributed by atoms with van der Waals surface area (Å²) in [6.45, 7) is 1.87. The van der Waals surface area contributed by atoms with Crippen molar-refractivity contribution >= 4 is 29.0 Å². The van der Waals surface area contributed by atoms with Crippen LogP contribution in [0.2, 0.25) is 0 Å². The Morgan fingerprint density at radius 1 is 0.912 bits per heavy atom. The van der Waals surface area contributed by atoms with Crippen LogP contribution in [-0.2, 0) is 6.18 Å². The van der Waals surface area contributed by atoms with Gasteiger partial charge in [0.2, 0.25) is 5.95 Å². The Kier molecular flexibility index (Phi) is 6.67. The number of benzene rings is 2. The predicted octanol–water partition coefficient (Wildman–Crippen LogP) is 4.64.